The van der Waals surface area contributed by atoms with E-state index in [4.69, 9.17) is 4.74 Å². The monoisotopic (exact) mass is 243 g/mol. The molecule has 2 heteroatoms. The molecule has 0 bridgehead atoms. The SMILES string of the molecule is CCCC(C)(CCOCC(C)C)CNC(C)C. The van der Waals surface area contributed by atoms with Crippen molar-refractivity contribution in [3.63, 3.8) is 0 Å². The number of nitrogens with one attached hydrogen (secondary N) is 1. The van der Waals surface area contributed by atoms with E-state index in [0.717, 1.165) is 26.2 Å². The third-order valence-corrected chi connectivity index (χ3v) is 3.09. The molecule has 1 atom stereocenters. The molecule has 1 N–H and O–H groups in total. The van der Waals surface area contributed by atoms with Crippen LogP contribution in [0.3, 0.4) is 0 Å². The van der Waals surface area contributed by atoms with Gasteiger partial charge in [0.1, 0.15) is 0 Å². The first-order valence-electron chi connectivity index (χ1n) is 7.20. The van der Waals surface area contributed by atoms with Gasteiger partial charge in [0.2, 0.25) is 0 Å². The lowest BCUT2D eigenvalue weighted by Crippen LogP contribution is -2.36. The van der Waals surface area contributed by atoms with Gasteiger partial charge in [-0.1, -0.05) is 48.0 Å². The number of hydrogen-bond acceptors (Lipinski definition) is 2. The Labute approximate surface area is 109 Å². The van der Waals surface area contributed by atoms with Gasteiger partial charge in [0.05, 0.1) is 0 Å². The van der Waals surface area contributed by atoms with Crippen molar-refractivity contribution in [1.82, 2.24) is 5.32 Å². The van der Waals surface area contributed by atoms with Gasteiger partial charge in [-0.3, -0.25) is 0 Å². The van der Waals surface area contributed by atoms with Gasteiger partial charge in [-0.15, -0.1) is 0 Å². The predicted octanol–water partition coefficient (Wildman–Crippen LogP) is 3.85. The third kappa shape index (κ3) is 9.61. The van der Waals surface area contributed by atoms with Crippen LogP contribution < -0.4 is 5.32 Å². The molecule has 1 unspecified atom stereocenters. The Hall–Kier alpha value is -0.0800. The topological polar surface area (TPSA) is 21.3 Å². The standard InChI is InChI=1S/C15H33NO/c1-7-8-15(6,12-16-14(4)5)9-10-17-11-13(2)3/h13-14,16H,7-12H2,1-6H3. The summed E-state index contributed by atoms with van der Waals surface area (Å²) in [5.74, 6) is 0.640. The molecule has 0 saturated carbocycles. The lowest BCUT2D eigenvalue weighted by molar-refractivity contribution is 0.0768. The number of hydrogen-bond donors (Lipinski definition) is 1. The van der Waals surface area contributed by atoms with Gasteiger partial charge in [0, 0.05) is 25.8 Å². The molecule has 0 rings (SSSR count). The van der Waals surface area contributed by atoms with E-state index in [9.17, 15) is 0 Å². The van der Waals surface area contributed by atoms with E-state index in [1.165, 1.54) is 12.8 Å². The molecule has 104 valence electrons. The molecule has 0 aromatic carbocycles. The average Bonchev–Trinajstić information content (AvgIpc) is 2.22. The second-order valence-corrected chi connectivity index (χ2v) is 6.32. The van der Waals surface area contributed by atoms with E-state index in [-0.39, 0.29) is 0 Å². The van der Waals surface area contributed by atoms with Crippen molar-refractivity contribution in [2.75, 3.05) is 19.8 Å². The van der Waals surface area contributed by atoms with Crippen molar-refractivity contribution in [3.05, 3.63) is 0 Å². The van der Waals surface area contributed by atoms with E-state index >= 15 is 0 Å². The molecule has 0 aromatic rings. The maximum atomic E-state index is 5.72. The highest BCUT2D eigenvalue weighted by molar-refractivity contribution is 4.77. The van der Waals surface area contributed by atoms with Crippen LogP contribution in [0.5, 0.6) is 0 Å². The third-order valence-electron chi connectivity index (χ3n) is 3.09. The molecule has 0 aliphatic carbocycles. The summed E-state index contributed by atoms with van der Waals surface area (Å²) in [6.07, 6.45) is 3.69. The average molecular weight is 243 g/mol. The number of ether oxygens (including phenoxy) is 1. The summed E-state index contributed by atoms with van der Waals surface area (Å²) in [5, 5.41) is 3.57. The Kier molecular flexibility index (Phi) is 8.89. The van der Waals surface area contributed by atoms with Crippen LogP contribution in [-0.4, -0.2) is 25.8 Å². The van der Waals surface area contributed by atoms with Crippen LogP contribution >= 0.6 is 0 Å². The van der Waals surface area contributed by atoms with Gasteiger partial charge in [0.25, 0.3) is 0 Å². The number of rotatable bonds is 10. The van der Waals surface area contributed by atoms with E-state index in [1.54, 1.807) is 0 Å². The minimum absolute atomic E-state index is 0.385. The first-order valence-corrected chi connectivity index (χ1v) is 7.20. The van der Waals surface area contributed by atoms with Crippen LogP contribution in [0.1, 0.15) is 60.8 Å². The maximum Gasteiger partial charge on any atom is 0.0488 e. The van der Waals surface area contributed by atoms with Crippen LogP contribution in [0.25, 0.3) is 0 Å². The molecule has 0 heterocycles. The van der Waals surface area contributed by atoms with E-state index in [2.05, 4.69) is 46.9 Å². The lowest BCUT2D eigenvalue weighted by atomic mass is 9.82. The Morgan fingerprint density at radius 3 is 2.24 bits per heavy atom. The fraction of sp³-hybridized carbons (Fsp3) is 1.00. The normalized spacial score (nSPS) is 15.5. The summed E-state index contributed by atoms with van der Waals surface area (Å²) in [6.45, 7) is 16.4. The fourth-order valence-electron chi connectivity index (χ4n) is 1.99. The zero-order chi connectivity index (χ0) is 13.3. The highest BCUT2D eigenvalue weighted by Crippen LogP contribution is 2.27. The van der Waals surface area contributed by atoms with Crippen molar-refractivity contribution < 1.29 is 4.74 Å². The van der Waals surface area contributed by atoms with Gasteiger partial charge in [-0.05, 0) is 24.2 Å². The maximum absolute atomic E-state index is 5.72. The summed E-state index contributed by atoms with van der Waals surface area (Å²) in [5.41, 5.74) is 0.385. The molecular weight excluding hydrogens is 210 g/mol. The Balaban J connectivity index is 3.93. The van der Waals surface area contributed by atoms with Gasteiger partial charge in [0.15, 0.2) is 0 Å². The zero-order valence-corrected chi connectivity index (χ0v) is 12.8. The summed E-state index contributed by atoms with van der Waals surface area (Å²) in [6, 6.07) is 0.572. The minimum Gasteiger partial charge on any atom is -0.381 e. The highest BCUT2D eigenvalue weighted by Gasteiger charge is 2.23. The van der Waals surface area contributed by atoms with Crippen molar-refractivity contribution in [3.8, 4) is 0 Å². The molecular formula is C15H33NO. The Morgan fingerprint density at radius 2 is 1.76 bits per heavy atom. The molecule has 0 fully saturated rings. The zero-order valence-electron chi connectivity index (χ0n) is 12.8. The predicted molar refractivity (Wildman–Crippen MR) is 76.4 cm³/mol. The molecule has 0 aliphatic heterocycles. The van der Waals surface area contributed by atoms with E-state index < -0.39 is 0 Å². The molecule has 0 spiro atoms. The molecule has 0 radical (unpaired) electrons. The van der Waals surface area contributed by atoms with Crippen molar-refractivity contribution in [2.45, 2.75) is 66.8 Å². The van der Waals surface area contributed by atoms with Crippen LogP contribution in [0, 0.1) is 11.3 Å². The molecule has 0 aliphatic rings. The Morgan fingerprint density at radius 1 is 1.12 bits per heavy atom. The van der Waals surface area contributed by atoms with Crippen LogP contribution in [-0.2, 0) is 4.74 Å². The van der Waals surface area contributed by atoms with Gasteiger partial charge in [-0.25, -0.2) is 0 Å². The Bertz CT molecular complexity index is 180. The van der Waals surface area contributed by atoms with Gasteiger partial charge in [-0.2, -0.15) is 0 Å². The van der Waals surface area contributed by atoms with Crippen molar-refractivity contribution >= 4 is 0 Å². The molecule has 0 saturated heterocycles. The second-order valence-electron chi connectivity index (χ2n) is 6.32. The summed E-state index contributed by atoms with van der Waals surface area (Å²) in [4.78, 5) is 0. The van der Waals surface area contributed by atoms with Crippen LogP contribution in [0.2, 0.25) is 0 Å². The van der Waals surface area contributed by atoms with E-state index in [0.29, 0.717) is 17.4 Å². The lowest BCUT2D eigenvalue weighted by Gasteiger charge is -2.31. The fourth-order valence-corrected chi connectivity index (χ4v) is 1.99. The largest absolute Gasteiger partial charge is 0.381 e. The first kappa shape index (κ1) is 16.9. The van der Waals surface area contributed by atoms with Crippen molar-refractivity contribution in [2.24, 2.45) is 11.3 Å². The first-order chi connectivity index (χ1) is 7.89. The highest BCUT2D eigenvalue weighted by atomic mass is 16.5. The molecule has 2 nitrogen and oxygen atoms in total. The molecule has 0 amide bonds. The summed E-state index contributed by atoms with van der Waals surface area (Å²) < 4.78 is 5.72. The summed E-state index contributed by atoms with van der Waals surface area (Å²) in [7, 11) is 0. The quantitative estimate of drug-likeness (QED) is 0.588. The summed E-state index contributed by atoms with van der Waals surface area (Å²) >= 11 is 0. The second kappa shape index (κ2) is 8.93. The smallest absolute Gasteiger partial charge is 0.0488 e. The van der Waals surface area contributed by atoms with E-state index in [1.807, 2.05) is 0 Å². The molecule has 17 heavy (non-hydrogen) atoms. The van der Waals surface area contributed by atoms with Crippen LogP contribution in [0.15, 0.2) is 0 Å². The molecule has 0 aromatic heterocycles. The van der Waals surface area contributed by atoms with Crippen LogP contribution in [0.4, 0.5) is 0 Å². The van der Waals surface area contributed by atoms with Crippen molar-refractivity contribution in [1.29, 1.82) is 0 Å². The minimum atomic E-state index is 0.385. The van der Waals surface area contributed by atoms with Gasteiger partial charge < -0.3 is 10.1 Å². The van der Waals surface area contributed by atoms with Gasteiger partial charge >= 0.3 is 0 Å².